The molecule has 1 unspecified atom stereocenters. The third-order valence-electron chi connectivity index (χ3n) is 2.35. The van der Waals surface area contributed by atoms with Crippen molar-refractivity contribution in [3.63, 3.8) is 0 Å². The van der Waals surface area contributed by atoms with Crippen LogP contribution in [0, 0.1) is 6.92 Å². The summed E-state index contributed by atoms with van der Waals surface area (Å²) in [7, 11) is 0. The van der Waals surface area contributed by atoms with Gasteiger partial charge in [-0.2, -0.15) is 0 Å². The second kappa shape index (κ2) is 4.42. The van der Waals surface area contributed by atoms with Gasteiger partial charge in [0.2, 0.25) is 0 Å². The standard InChI is InChI=1S/C11H14N4O/c1-7-10(8-4-2-3-5-13-8)15-11(14-7)9(16)6-12/h2-5,9,16H,6,12H2,1H3,(H,14,15). The van der Waals surface area contributed by atoms with Gasteiger partial charge in [0.15, 0.2) is 0 Å². The van der Waals surface area contributed by atoms with Crippen LogP contribution in [0.25, 0.3) is 11.4 Å². The van der Waals surface area contributed by atoms with Gasteiger partial charge < -0.3 is 15.8 Å². The molecule has 2 heterocycles. The highest BCUT2D eigenvalue weighted by atomic mass is 16.3. The van der Waals surface area contributed by atoms with E-state index >= 15 is 0 Å². The summed E-state index contributed by atoms with van der Waals surface area (Å²) in [5.41, 5.74) is 7.79. The van der Waals surface area contributed by atoms with Crippen molar-refractivity contribution >= 4 is 0 Å². The highest BCUT2D eigenvalue weighted by molar-refractivity contribution is 5.56. The molecule has 0 amide bonds. The van der Waals surface area contributed by atoms with E-state index in [1.807, 2.05) is 25.1 Å². The van der Waals surface area contributed by atoms with E-state index in [2.05, 4.69) is 15.0 Å². The second-order valence-electron chi connectivity index (χ2n) is 3.56. The zero-order valence-corrected chi connectivity index (χ0v) is 9.01. The molecule has 0 saturated heterocycles. The Labute approximate surface area is 93.4 Å². The Balaban J connectivity index is 2.40. The van der Waals surface area contributed by atoms with Gasteiger partial charge in [-0.05, 0) is 19.1 Å². The summed E-state index contributed by atoms with van der Waals surface area (Å²) < 4.78 is 0. The Kier molecular flexibility index (Phi) is 2.98. The lowest BCUT2D eigenvalue weighted by molar-refractivity contribution is 0.177. The zero-order chi connectivity index (χ0) is 11.5. The van der Waals surface area contributed by atoms with Crippen LogP contribution in [0.15, 0.2) is 24.4 Å². The van der Waals surface area contributed by atoms with Gasteiger partial charge in [-0.15, -0.1) is 0 Å². The Morgan fingerprint density at radius 1 is 1.50 bits per heavy atom. The molecule has 2 aromatic heterocycles. The number of pyridine rings is 1. The van der Waals surface area contributed by atoms with Crippen molar-refractivity contribution in [1.82, 2.24) is 15.0 Å². The van der Waals surface area contributed by atoms with E-state index in [0.29, 0.717) is 5.82 Å². The molecule has 2 rings (SSSR count). The average molecular weight is 218 g/mol. The summed E-state index contributed by atoms with van der Waals surface area (Å²) in [5.74, 6) is 0.487. The maximum absolute atomic E-state index is 9.57. The first-order valence-corrected chi connectivity index (χ1v) is 5.08. The fourth-order valence-corrected chi connectivity index (χ4v) is 1.51. The maximum Gasteiger partial charge on any atom is 0.137 e. The lowest BCUT2D eigenvalue weighted by Crippen LogP contribution is -2.12. The molecule has 2 aromatic rings. The number of H-pyrrole nitrogens is 1. The van der Waals surface area contributed by atoms with Gasteiger partial charge in [0.1, 0.15) is 17.6 Å². The Morgan fingerprint density at radius 3 is 2.94 bits per heavy atom. The number of nitrogens with two attached hydrogens (primary N) is 1. The van der Waals surface area contributed by atoms with Crippen LogP contribution in [0.3, 0.4) is 0 Å². The summed E-state index contributed by atoms with van der Waals surface area (Å²) in [6, 6.07) is 5.62. The van der Waals surface area contributed by atoms with E-state index in [1.54, 1.807) is 6.20 Å². The van der Waals surface area contributed by atoms with Crippen molar-refractivity contribution in [2.24, 2.45) is 5.73 Å². The number of rotatable bonds is 3. The van der Waals surface area contributed by atoms with Gasteiger partial charge in [0.05, 0.1) is 5.69 Å². The van der Waals surface area contributed by atoms with Crippen molar-refractivity contribution < 1.29 is 5.11 Å². The normalized spacial score (nSPS) is 12.7. The lowest BCUT2D eigenvalue weighted by atomic mass is 10.2. The molecule has 4 N–H and O–H groups in total. The van der Waals surface area contributed by atoms with E-state index in [9.17, 15) is 5.11 Å². The van der Waals surface area contributed by atoms with Gasteiger partial charge in [0.25, 0.3) is 0 Å². The highest BCUT2D eigenvalue weighted by Gasteiger charge is 2.14. The van der Waals surface area contributed by atoms with Gasteiger partial charge in [-0.25, -0.2) is 4.98 Å². The molecule has 0 bridgehead atoms. The smallest absolute Gasteiger partial charge is 0.137 e. The average Bonchev–Trinajstić information content (AvgIpc) is 2.71. The fourth-order valence-electron chi connectivity index (χ4n) is 1.51. The van der Waals surface area contributed by atoms with Gasteiger partial charge >= 0.3 is 0 Å². The first-order valence-electron chi connectivity index (χ1n) is 5.08. The largest absolute Gasteiger partial charge is 0.384 e. The van der Waals surface area contributed by atoms with E-state index in [0.717, 1.165) is 17.1 Å². The molecule has 0 aliphatic carbocycles. The SMILES string of the molecule is Cc1[nH]c(C(O)CN)nc1-c1ccccn1. The minimum absolute atomic E-state index is 0.147. The van der Waals surface area contributed by atoms with E-state index in [4.69, 9.17) is 5.73 Å². The molecular weight excluding hydrogens is 204 g/mol. The van der Waals surface area contributed by atoms with Crippen LogP contribution < -0.4 is 5.73 Å². The summed E-state index contributed by atoms with van der Waals surface area (Å²) in [4.78, 5) is 11.5. The molecule has 0 aliphatic heterocycles. The number of hydrogen-bond acceptors (Lipinski definition) is 4. The van der Waals surface area contributed by atoms with Gasteiger partial charge in [-0.3, -0.25) is 4.98 Å². The number of hydrogen-bond donors (Lipinski definition) is 3. The molecule has 1 atom stereocenters. The van der Waals surface area contributed by atoms with Crippen LogP contribution >= 0.6 is 0 Å². The summed E-state index contributed by atoms with van der Waals surface area (Å²) >= 11 is 0. The molecular formula is C11H14N4O. The third-order valence-corrected chi connectivity index (χ3v) is 2.35. The van der Waals surface area contributed by atoms with Crippen LogP contribution in [-0.2, 0) is 0 Å². The zero-order valence-electron chi connectivity index (χ0n) is 9.01. The van der Waals surface area contributed by atoms with Crippen LogP contribution in [0.5, 0.6) is 0 Å². The molecule has 5 nitrogen and oxygen atoms in total. The molecule has 0 spiro atoms. The first kappa shape index (κ1) is 10.8. The van der Waals surface area contributed by atoms with E-state index < -0.39 is 6.10 Å². The topological polar surface area (TPSA) is 87.8 Å². The molecule has 16 heavy (non-hydrogen) atoms. The van der Waals surface area contributed by atoms with Gasteiger partial charge in [-0.1, -0.05) is 6.07 Å². The molecule has 0 radical (unpaired) electrons. The predicted octanol–water partition coefficient (Wildman–Crippen LogP) is 0.772. The number of imidazole rings is 1. The molecule has 84 valence electrons. The summed E-state index contributed by atoms with van der Waals surface area (Å²) in [6.07, 6.45) is 0.957. The number of nitrogens with zero attached hydrogens (tertiary/aromatic N) is 2. The Hall–Kier alpha value is -1.72. The Morgan fingerprint density at radius 2 is 2.31 bits per heavy atom. The first-order chi connectivity index (χ1) is 7.72. The van der Waals surface area contributed by atoms with Crippen LogP contribution in [0.4, 0.5) is 0 Å². The minimum Gasteiger partial charge on any atom is -0.384 e. The number of nitrogens with one attached hydrogen (secondary N) is 1. The van der Waals surface area contributed by atoms with Crippen LogP contribution in [0.2, 0.25) is 0 Å². The van der Waals surface area contributed by atoms with Crippen LogP contribution in [0.1, 0.15) is 17.6 Å². The van der Waals surface area contributed by atoms with E-state index in [-0.39, 0.29) is 6.54 Å². The summed E-state index contributed by atoms with van der Waals surface area (Å²) in [6.45, 7) is 2.04. The monoisotopic (exact) mass is 218 g/mol. The number of aryl methyl sites for hydroxylation is 1. The maximum atomic E-state index is 9.57. The molecule has 5 heteroatoms. The van der Waals surface area contributed by atoms with Gasteiger partial charge in [0, 0.05) is 18.4 Å². The van der Waals surface area contributed by atoms with Crippen molar-refractivity contribution in [2.75, 3.05) is 6.54 Å². The third kappa shape index (κ3) is 1.95. The summed E-state index contributed by atoms with van der Waals surface area (Å²) in [5, 5.41) is 9.57. The van der Waals surface area contributed by atoms with Crippen molar-refractivity contribution in [2.45, 2.75) is 13.0 Å². The van der Waals surface area contributed by atoms with E-state index in [1.165, 1.54) is 0 Å². The molecule has 0 saturated carbocycles. The van der Waals surface area contributed by atoms with Crippen LogP contribution in [-0.4, -0.2) is 26.6 Å². The van der Waals surface area contributed by atoms with Crippen molar-refractivity contribution in [1.29, 1.82) is 0 Å². The fraction of sp³-hybridized carbons (Fsp3) is 0.273. The predicted molar refractivity (Wildman–Crippen MR) is 60.6 cm³/mol. The van der Waals surface area contributed by atoms with Crippen molar-refractivity contribution in [3.8, 4) is 11.4 Å². The molecule has 0 aliphatic rings. The number of aliphatic hydroxyl groups is 1. The second-order valence-corrected chi connectivity index (χ2v) is 3.56. The quantitative estimate of drug-likeness (QED) is 0.710. The lowest BCUT2D eigenvalue weighted by Gasteiger charge is -2.01. The van der Waals surface area contributed by atoms with Crippen molar-refractivity contribution in [3.05, 3.63) is 35.9 Å². The minimum atomic E-state index is -0.754. The number of aromatic amines is 1. The Bertz CT molecular complexity index is 466. The number of aromatic nitrogens is 3. The molecule has 0 fully saturated rings. The number of aliphatic hydroxyl groups excluding tert-OH is 1. The highest BCUT2D eigenvalue weighted by Crippen LogP contribution is 2.20. The molecule has 0 aromatic carbocycles.